The van der Waals surface area contributed by atoms with Crippen LogP contribution >= 0.6 is 0 Å². The van der Waals surface area contributed by atoms with Crippen LogP contribution in [0.25, 0.3) is 22.2 Å². The summed E-state index contributed by atoms with van der Waals surface area (Å²) in [5, 5.41) is 4.17. The summed E-state index contributed by atoms with van der Waals surface area (Å²) in [6, 6.07) is 16.1. The maximum Gasteiger partial charge on any atom is 0.253 e. The number of rotatable bonds is 4. The topological polar surface area (TPSA) is 64.3 Å². The number of likely N-dealkylation sites (N-methyl/N-ethyl adjacent to an activating group) is 1. The fourth-order valence-corrected chi connectivity index (χ4v) is 4.21. The SMILES string of the molecule is CN1CCCN(C(=O)c2ccc(Nc3cncc(-c4cc5cc(F)ccc5[nH]4)c3)cc2)CC1. The lowest BCUT2D eigenvalue weighted by atomic mass is 10.1. The van der Waals surface area contributed by atoms with E-state index in [1.165, 1.54) is 12.1 Å². The van der Waals surface area contributed by atoms with Crippen LogP contribution in [0.2, 0.25) is 0 Å². The average molecular weight is 444 g/mol. The van der Waals surface area contributed by atoms with E-state index in [0.717, 1.165) is 66.1 Å². The minimum atomic E-state index is -0.258. The highest BCUT2D eigenvalue weighted by Crippen LogP contribution is 2.27. The van der Waals surface area contributed by atoms with Crippen molar-refractivity contribution in [3.05, 3.63) is 78.4 Å². The fourth-order valence-electron chi connectivity index (χ4n) is 4.21. The summed E-state index contributed by atoms with van der Waals surface area (Å²) >= 11 is 0. The highest BCUT2D eigenvalue weighted by atomic mass is 19.1. The molecule has 2 aromatic carbocycles. The third-order valence-corrected chi connectivity index (χ3v) is 6.06. The molecule has 1 amide bonds. The first-order valence-corrected chi connectivity index (χ1v) is 11.1. The Hall–Kier alpha value is -3.71. The van der Waals surface area contributed by atoms with Gasteiger partial charge in [-0.15, -0.1) is 0 Å². The van der Waals surface area contributed by atoms with Crippen LogP contribution in [0.1, 0.15) is 16.8 Å². The van der Waals surface area contributed by atoms with Crippen LogP contribution in [0.5, 0.6) is 0 Å². The smallest absolute Gasteiger partial charge is 0.253 e. The Morgan fingerprint density at radius 3 is 2.67 bits per heavy atom. The van der Waals surface area contributed by atoms with E-state index < -0.39 is 0 Å². The van der Waals surface area contributed by atoms with Crippen molar-refractivity contribution in [2.24, 2.45) is 0 Å². The molecule has 0 bridgehead atoms. The molecule has 1 aliphatic rings. The molecule has 0 atom stereocenters. The number of halogens is 1. The van der Waals surface area contributed by atoms with Gasteiger partial charge in [-0.1, -0.05) is 0 Å². The van der Waals surface area contributed by atoms with Crippen molar-refractivity contribution in [1.29, 1.82) is 0 Å². The number of benzene rings is 2. The Kier molecular flexibility index (Phi) is 5.79. The van der Waals surface area contributed by atoms with Crippen LogP contribution in [0.3, 0.4) is 0 Å². The Morgan fingerprint density at radius 2 is 1.82 bits per heavy atom. The van der Waals surface area contributed by atoms with Gasteiger partial charge in [0.15, 0.2) is 0 Å². The second-order valence-electron chi connectivity index (χ2n) is 8.53. The number of hydrogen-bond acceptors (Lipinski definition) is 4. The zero-order valence-corrected chi connectivity index (χ0v) is 18.5. The van der Waals surface area contributed by atoms with Gasteiger partial charge in [-0.3, -0.25) is 9.78 Å². The summed E-state index contributed by atoms with van der Waals surface area (Å²) in [6.07, 6.45) is 4.52. The van der Waals surface area contributed by atoms with Crippen LogP contribution in [-0.4, -0.2) is 58.9 Å². The molecule has 0 unspecified atom stereocenters. The average Bonchev–Trinajstić information content (AvgIpc) is 3.12. The zero-order chi connectivity index (χ0) is 22.8. The summed E-state index contributed by atoms with van der Waals surface area (Å²) in [4.78, 5) is 24.7. The third-order valence-electron chi connectivity index (χ3n) is 6.06. The van der Waals surface area contributed by atoms with Gasteiger partial charge in [-0.2, -0.15) is 0 Å². The molecule has 33 heavy (non-hydrogen) atoms. The molecule has 6 nitrogen and oxygen atoms in total. The van der Waals surface area contributed by atoms with E-state index >= 15 is 0 Å². The van der Waals surface area contributed by atoms with Crippen molar-refractivity contribution in [2.45, 2.75) is 6.42 Å². The van der Waals surface area contributed by atoms with Crippen molar-refractivity contribution < 1.29 is 9.18 Å². The molecule has 0 spiro atoms. The van der Waals surface area contributed by atoms with E-state index in [1.807, 2.05) is 41.3 Å². The second-order valence-corrected chi connectivity index (χ2v) is 8.53. The number of carbonyl (C=O) groups excluding carboxylic acids is 1. The lowest BCUT2D eigenvalue weighted by molar-refractivity contribution is 0.0763. The largest absolute Gasteiger partial charge is 0.354 e. The highest BCUT2D eigenvalue weighted by molar-refractivity contribution is 5.94. The number of hydrogen-bond donors (Lipinski definition) is 2. The van der Waals surface area contributed by atoms with Gasteiger partial charge >= 0.3 is 0 Å². The summed E-state index contributed by atoms with van der Waals surface area (Å²) < 4.78 is 13.5. The molecular weight excluding hydrogens is 417 g/mol. The van der Waals surface area contributed by atoms with Gasteiger partial charge in [0.25, 0.3) is 5.91 Å². The number of nitrogens with one attached hydrogen (secondary N) is 2. The number of amides is 1. The Balaban J connectivity index is 1.30. The maximum atomic E-state index is 13.5. The van der Waals surface area contributed by atoms with Crippen molar-refractivity contribution >= 4 is 28.2 Å². The molecule has 5 rings (SSSR count). The van der Waals surface area contributed by atoms with Crippen molar-refractivity contribution in [1.82, 2.24) is 19.8 Å². The standard InChI is InChI=1S/C26H26FN5O/c1-31-9-2-10-32(12-11-31)26(33)18-3-6-22(7-4-18)29-23-14-20(16-28-17-23)25-15-19-13-21(27)5-8-24(19)30-25/h3-8,13-17,29-30H,2,9-12H2,1H3. The molecule has 1 aliphatic heterocycles. The molecular formula is C26H26FN5O. The van der Waals surface area contributed by atoms with Crippen LogP contribution in [0, 0.1) is 5.82 Å². The Morgan fingerprint density at radius 1 is 0.970 bits per heavy atom. The third kappa shape index (κ3) is 4.73. The van der Waals surface area contributed by atoms with Gasteiger partial charge in [0.1, 0.15) is 5.82 Å². The molecule has 168 valence electrons. The molecule has 2 aromatic heterocycles. The molecule has 1 saturated heterocycles. The van der Waals surface area contributed by atoms with Crippen LogP contribution < -0.4 is 5.32 Å². The van der Waals surface area contributed by atoms with E-state index in [-0.39, 0.29) is 11.7 Å². The monoisotopic (exact) mass is 443 g/mol. The first kappa shape index (κ1) is 21.2. The van der Waals surface area contributed by atoms with Gasteiger partial charge in [-0.25, -0.2) is 4.39 Å². The summed E-state index contributed by atoms with van der Waals surface area (Å²) in [5.41, 5.74) is 5.04. The predicted octanol–water partition coefficient (Wildman–Crippen LogP) is 4.89. The van der Waals surface area contributed by atoms with Crippen LogP contribution in [0.15, 0.2) is 67.0 Å². The maximum absolute atomic E-state index is 13.5. The van der Waals surface area contributed by atoms with Gasteiger partial charge in [0.2, 0.25) is 0 Å². The Labute approximate surface area is 192 Å². The van der Waals surface area contributed by atoms with Crippen molar-refractivity contribution in [3.63, 3.8) is 0 Å². The van der Waals surface area contributed by atoms with Crippen molar-refractivity contribution in [3.8, 4) is 11.3 Å². The molecule has 0 saturated carbocycles. The molecule has 3 heterocycles. The number of carbonyl (C=O) groups is 1. The van der Waals surface area contributed by atoms with E-state index in [9.17, 15) is 9.18 Å². The van der Waals surface area contributed by atoms with E-state index in [4.69, 9.17) is 0 Å². The summed E-state index contributed by atoms with van der Waals surface area (Å²) in [7, 11) is 2.09. The number of fused-ring (bicyclic) bond motifs is 1. The number of aromatic amines is 1. The van der Waals surface area contributed by atoms with E-state index in [1.54, 1.807) is 18.5 Å². The minimum Gasteiger partial charge on any atom is -0.354 e. The Bertz CT molecular complexity index is 1280. The van der Waals surface area contributed by atoms with Gasteiger partial charge < -0.3 is 20.1 Å². The molecule has 4 aromatic rings. The number of nitrogens with zero attached hydrogens (tertiary/aromatic N) is 3. The van der Waals surface area contributed by atoms with Gasteiger partial charge in [-0.05, 0) is 74.6 Å². The fraction of sp³-hybridized carbons (Fsp3) is 0.231. The van der Waals surface area contributed by atoms with Gasteiger partial charge in [0, 0.05) is 59.2 Å². The van der Waals surface area contributed by atoms with Gasteiger partial charge in [0.05, 0.1) is 11.9 Å². The normalized spacial score (nSPS) is 14.9. The molecule has 2 N–H and O–H groups in total. The molecule has 0 radical (unpaired) electrons. The zero-order valence-electron chi connectivity index (χ0n) is 18.5. The summed E-state index contributed by atoms with van der Waals surface area (Å²) in [6.45, 7) is 3.48. The van der Waals surface area contributed by atoms with E-state index in [2.05, 4.69) is 27.2 Å². The molecule has 1 fully saturated rings. The van der Waals surface area contributed by atoms with E-state index in [0.29, 0.717) is 5.56 Å². The van der Waals surface area contributed by atoms with Crippen LogP contribution in [-0.2, 0) is 0 Å². The second kappa shape index (κ2) is 9.03. The molecule has 7 heteroatoms. The lowest BCUT2D eigenvalue weighted by Gasteiger charge is -2.20. The first-order valence-electron chi connectivity index (χ1n) is 11.1. The number of pyridine rings is 1. The lowest BCUT2D eigenvalue weighted by Crippen LogP contribution is -2.34. The predicted molar refractivity (Wildman–Crippen MR) is 129 cm³/mol. The number of H-pyrrole nitrogens is 1. The first-order chi connectivity index (χ1) is 16.0. The minimum absolute atomic E-state index is 0.0794. The molecule has 0 aliphatic carbocycles. The quantitative estimate of drug-likeness (QED) is 0.471. The van der Waals surface area contributed by atoms with Crippen molar-refractivity contribution in [2.75, 3.05) is 38.5 Å². The van der Waals surface area contributed by atoms with Crippen LogP contribution in [0.4, 0.5) is 15.8 Å². The highest BCUT2D eigenvalue weighted by Gasteiger charge is 2.18. The summed E-state index contributed by atoms with van der Waals surface area (Å²) in [5.74, 6) is -0.178. The number of anilines is 2. The number of aromatic nitrogens is 2.